The molecule has 0 aromatic heterocycles. The van der Waals surface area contributed by atoms with Gasteiger partial charge in [-0.15, -0.1) is 0 Å². The molecule has 3 rings (SSSR count). The van der Waals surface area contributed by atoms with Crippen LogP contribution >= 0.6 is 0 Å². The number of benzene rings is 1. The fourth-order valence-corrected chi connectivity index (χ4v) is 3.16. The lowest BCUT2D eigenvalue weighted by molar-refractivity contribution is -0.385. The Bertz CT molecular complexity index is 643. The van der Waals surface area contributed by atoms with E-state index in [0.29, 0.717) is 24.3 Å². The van der Waals surface area contributed by atoms with Crippen molar-refractivity contribution in [3.8, 4) is 5.75 Å². The van der Waals surface area contributed by atoms with E-state index in [1.54, 1.807) is 24.8 Å². The Hall–Kier alpha value is -2.15. The van der Waals surface area contributed by atoms with Gasteiger partial charge in [0.2, 0.25) is 5.91 Å². The highest BCUT2D eigenvalue weighted by molar-refractivity contribution is 5.79. The van der Waals surface area contributed by atoms with Crippen LogP contribution in [0.25, 0.3) is 0 Å². The van der Waals surface area contributed by atoms with Gasteiger partial charge < -0.3 is 14.7 Å². The van der Waals surface area contributed by atoms with Crippen molar-refractivity contribution >= 4 is 11.6 Å². The molecule has 0 radical (unpaired) electrons. The van der Waals surface area contributed by atoms with Gasteiger partial charge in [0.25, 0.3) is 5.69 Å². The number of hydrogen-bond donors (Lipinski definition) is 1. The van der Waals surface area contributed by atoms with Gasteiger partial charge in [0.1, 0.15) is 17.5 Å². The van der Waals surface area contributed by atoms with E-state index < -0.39 is 22.7 Å². The molecule has 0 bridgehead atoms. The number of carbonyl (C=O) groups excluding carboxylic acids is 1. The van der Waals surface area contributed by atoms with Gasteiger partial charge in [-0.2, -0.15) is 0 Å². The first-order valence-corrected chi connectivity index (χ1v) is 7.26. The summed E-state index contributed by atoms with van der Waals surface area (Å²) >= 11 is 0. The van der Waals surface area contributed by atoms with Crippen LogP contribution < -0.4 is 4.74 Å². The average molecular weight is 306 g/mol. The van der Waals surface area contributed by atoms with Crippen LogP contribution in [0.2, 0.25) is 0 Å². The minimum atomic E-state index is -0.935. The molecule has 118 valence electrons. The highest BCUT2D eigenvalue weighted by atomic mass is 16.6. The van der Waals surface area contributed by atoms with Crippen LogP contribution in [0.1, 0.15) is 38.3 Å². The second-order valence-electron chi connectivity index (χ2n) is 6.27. The number of aliphatic hydroxyl groups is 1. The Morgan fingerprint density at radius 2 is 2.18 bits per heavy atom. The number of likely N-dealkylation sites (tertiary alicyclic amines) is 1. The summed E-state index contributed by atoms with van der Waals surface area (Å²) in [6, 6.07) is 3.77. The van der Waals surface area contributed by atoms with Gasteiger partial charge in [-0.1, -0.05) is 0 Å². The minimum Gasteiger partial charge on any atom is -0.484 e. The standard InChI is InChI=1S/C15H18N2O5/c1-15(2)14(19)13(16-7-3-4-12(16)18)10-6-5-9(17(20)21)8-11(10)22-15/h5-6,8,13-14,19H,3-4,7H2,1-2H3/t13-,14+/m0/s1. The third kappa shape index (κ3) is 2.21. The third-order valence-electron chi connectivity index (χ3n) is 4.36. The number of hydrogen-bond acceptors (Lipinski definition) is 5. The zero-order chi connectivity index (χ0) is 16.1. The summed E-state index contributed by atoms with van der Waals surface area (Å²) in [5, 5.41) is 21.6. The first kappa shape index (κ1) is 14.8. The van der Waals surface area contributed by atoms with Gasteiger partial charge in [-0.3, -0.25) is 14.9 Å². The van der Waals surface area contributed by atoms with Gasteiger partial charge in [0, 0.05) is 24.6 Å². The zero-order valence-corrected chi connectivity index (χ0v) is 12.5. The summed E-state index contributed by atoms with van der Waals surface area (Å²) in [5.74, 6) is 0.347. The third-order valence-corrected chi connectivity index (χ3v) is 4.36. The second-order valence-corrected chi connectivity index (χ2v) is 6.27. The lowest BCUT2D eigenvalue weighted by Crippen LogP contribution is -2.53. The van der Waals surface area contributed by atoms with E-state index in [9.17, 15) is 20.0 Å². The maximum atomic E-state index is 12.1. The molecule has 7 heteroatoms. The molecule has 2 aliphatic heterocycles. The van der Waals surface area contributed by atoms with Crippen molar-refractivity contribution in [3.63, 3.8) is 0 Å². The van der Waals surface area contributed by atoms with E-state index in [1.807, 2.05) is 0 Å². The molecule has 1 amide bonds. The molecule has 1 fully saturated rings. The number of nitro benzene ring substituents is 1. The van der Waals surface area contributed by atoms with Crippen LogP contribution in [0, 0.1) is 10.1 Å². The Labute approximate surface area is 127 Å². The minimum absolute atomic E-state index is 0.00828. The zero-order valence-electron chi connectivity index (χ0n) is 12.5. The monoisotopic (exact) mass is 306 g/mol. The van der Waals surface area contributed by atoms with Crippen molar-refractivity contribution in [2.45, 2.75) is 44.4 Å². The van der Waals surface area contributed by atoms with E-state index in [2.05, 4.69) is 0 Å². The van der Waals surface area contributed by atoms with Crippen molar-refractivity contribution < 1.29 is 19.6 Å². The highest BCUT2D eigenvalue weighted by Gasteiger charge is 2.47. The number of amides is 1. The number of fused-ring (bicyclic) bond motifs is 1. The molecule has 0 aliphatic carbocycles. The molecule has 1 aromatic rings. The summed E-state index contributed by atoms with van der Waals surface area (Å²) in [6.07, 6.45) is 0.321. The number of non-ortho nitro benzene ring substituents is 1. The van der Waals surface area contributed by atoms with E-state index in [1.165, 1.54) is 12.1 Å². The number of nitrogens with zero attached hydrogens (tertiary/aromatic N) is 2. The lowest BCUT2D eigenvalue weighted by Gasteiger charge is -2.45. The SMILES string of the molecule is CC1(C)Oc2cc([N+](=O)[O-])ccc2[C@H](N2CCCC2=O)[C@H]1O. The molecule has 1 N–H and O–H groups in total. The summed E-state index contributed by atoms with van der Waals surface area (Å²) in [7, 11) is 0. The van der Waals surface area contributed by atoms with E-state index in [4.69, 9.17) is 4.74 Å². The molecule has 2 aliphatic rings. The fourth-order valence-electron chi connectivity index (χ4n) is 3.16. The van der Waals surface area contributed by atoms with Gasteiger partial charge in [-0.05, 0) is 26.3 Å². The van der Waals surface area contributed by atoms with Crippen LogP contribution in [0.3, 0.4) is 0 Å². The predicted octanol–water partition coefficient (Wildman–Crippen LogP) is 1.79. The topological polar surface area (TPSA) is 92.9 Å². The predicted molar refractivity (Wildman–Crippen MR) is 77.5 cm³/mol. The van der Waals surface area contributed by atoms with Gasteiger partial charge in [-0.25, -0.2) is 0 Å². The van der Waals surface area contributed by atoms with Crippen LogP contribution in [0.4, 0.5) is 5.69 Å². The van der Waals surface area contributed by atoms with E-state index in [0.717, 1.165) is 6.42 Å². The van der Waals surface area contributed by atoms with E-state index in [-0.39, 0.29) is 11.6 Å². The molecule has 0 spiro atoms. The molecule has 7 nitrogen and oxygen atoms in total. The maximum Gasteiger partial charge on any atom is 0.273 e. The first-order valence-electron chi connectivity index (χ1n) is 7.26. The number of rotatable bonds is 2. The molecule has 1 saturated heterocycles. The van der Waals surface area contributed by atoms with Crippen molar-refractivity contribution in [3.05, 3.63) is 33.9 Å². The number of ether oxygens (including phenoxy) is 1. The van der Waals surface area contributed by atoms with Crippen molar-refractivity contribution in [2.24, 2.45) is 0 Å². The van der Waals surface area contributed by atoms with Crippen LogP contribution in [-0.4, -0.2) is 39.1 Å². The molecule has 1 aromatic carbocycles. The number of nitro groups is 1. The molecule has 22 heavy (non-hydrogen) atoms. The summed E-state index contributed by atoms with van der Waals surface area (Å²) in [6.45, 7) is 4.01. The number of carbonyl (C=O) groups is 1. The maximum absolute atomic E-state index is 12.1. The van der Waals surface area contributed by atoms with Gasteiger partial charge in [0.05, 0.1) is 17.0 Å². The molecule has 2 atom stereocenters. The normalized spacial score (nSPS) is 26.5. The molecule has 0 unspecified atom stereocenters. The van der Waals surface area contributed by atoms with Crippen LogP contribution in [0.15, 0.2) is 18.2 Å². The summed E-state index contributed by atoms with van der Waals surface area (Å²) in [5.41, 5.74) is -0.388. The van der Waals surface area contributed by atoms with Crippen molar-refractivity contribution in [2.75, 3.05) is 6.54 Å². The summed E-state index contributed by atoms with van der Waals surface area (Å²) in [4.78, 5) is 24.2. The van der Waals surface area contributed by atoms with Crippen LogP contribution in [0.5, 0.6) is 5.75 Å². The molecular formula is C15H18N2O5. The molecule has 2 heterocycles. The summed E-state index contributed by atoms with van der Waals surface area (Å²) < 4.78 is 5.76. The largest absolute Gasteiger partial charge is 0.484 e. The van der Waals surface area contributed by atoms with Gasteiger partial charge in [0.15, 0.2) is 0 Å². The molecular weight excluding hydrogens is 288 g/mol. The Morgan fingerprint density at radius 3 is 2.77 bits per heavy atom. The first-order chi connectivity index (χ1) is 10.3. The van der Waals surface area contributed by atoms with Crippen LogP contribution in [-0.2, 0) is 4.79 Å². The quantitative estimate of drug-likeness (QED) is 0.664. The van der Waals surface area contributed by atoms with Gasteiger partial charge >= 0.3 is 0 Å². The number of aliphatic hydroxyl groups excluding tert-OH is 1. The second kappa shape index (κ2) is 4.95. The molecule has 0 saturated carbocycles. The van der Waals surface area contributed by atoms with Crippen molar-refractivity contribution in [1.29, 1.82) is 0 Å². The Kier molecular flexibility index (Phi) is 3.32. The average Bonchev–Trinajstić information content (AvgIpc) is 2.85. The Balaban J connectivity index is 2.10. The highest BCUT2D eigenvalue weighted by Crippen LogP contribution is 2.45. The van der Waals surface area contributed by atoms with E-state index >= 15 is 0 Å². The fraction of sp³-hybridized carbons (Fsp3) is 0.533. The Morgan fingerprint density at radius 1 is 1.45 bits per heavy atom. The lowest BCUT2D eigenvalue weighted by atomic mass is 9.85. The van der Waals surface area contributed by atoms with Crippen molar-refractivity contribution in [1.82, 2.24) is 4.90 Å². The smallest absolute Gasteiger partial charge is 0.273 e.